The summed E-state index contributed by atoms with van der Waals surface area (Å²) in [4.78, 5) is 0. The van der Waals surface area contributed by atoms with Crippen molar-refractivity contribution >= 4 is 27.5 Å². The van der Waals surface area contributed by atoms with Gasteiger partial charge in [-0.3, -0.25) is 0 Å². The Bertz CT molecular complexity index is 613. The maximum Gasteiger partial charge on any atom is 0.126 e. The molecule has 0 spiro atoms. The summed E-state index contributed by atoms with van der Waals surface area (Å²) in [5.41, 5.74) is 1.50. The predicted molar refractivity (Wildman–Crippen MR) is 85.6 cm³/mol. The van der Waals surface area contributed by atoms with Gasteiger partial charge in [0.1, 0.15) is 11.6 Å². The highest BCUT2D eigenvalue weighted by atomic mass is 79.9. The van der Waals surface area contributed by atoms with Crippen molar-refractivity contribution in [2.45, 2.75) is 19.4 Å². The van der Waals surface area contributed by atoms with Crippen LogP contribution in [0.5, 0.6) is 0 Å². The van der Waals surface area contributed by atoms with E-state index in [9.17, 15) is 8.78 Å². The molecule has 0 aliphatic carbocycles. The zero-order chi connectivity index (χ0) is 15.4. The lowest BCUT2D eigenvalue weighted by Crippen LogP contribution is -2.23. The number of hydrogen-bond donors (Lipinski definition) is 1. The lowest BCUT2D eigenvalue weighted by molar-refractivity contribution is 0.539. The molecular weight excluding hydrogens is 360 g/mol. The highest BCUT2D eigenvalue weighted by Crippen LogP contribution is 2.29. The van der Waals surface area contributed by atoms with Gasteiger partial charge in [-0.05, 0) is 48.4 Å². The van der Waals surface area contributed by atoms with Crippen molar-refractivity contribution in [3.05, 3.63) is 68.7 Å². The van der Waals surface area contributed by atoms with Gasteiger partial charge in [0, 0.05) is 21.6 Å². The molecule has 0 heterocycles. The van der Waals surface area contributed by atoms with Gasteiger partial charge < -0.3 is 5.32 Å². The second kappa shape index (κ2) is 7.34. The van der Waals surface area contributed by atoms with Crippen LogP contribution in [0.3, 0.4) is 0 Å². The molecule has 1 N–H and O–H groups in total. The molecule has 0 bridgehead atoms. The van der Waals surface area contributed by atoms with Crippen LogP contribution >= 0.6 is 27.5 Å². The maximum atomic E-state index is 13.3. The molecule has 2 aromatic rings. The Kier molecular flexibility index (Phi) is 5.73. The summed E-state index contributed by atoms with van der Waals surface area (Å²) in [6, 6.07) is 9.09. The molecule has 0 amide bonds. The van der Waals surface area contributed by atoms with E-state index >= 15 is 0 Å². The molecule has 0 aliphatic rings. The molecule has 2 aromatic carbocycles. The van der Waals surface area contributed by atoms with Crippen LogP contribution in [-0.2, 0) is 6.42 Å². The van der Waals surface area contributed by atoms with Crippen LogP contribution in [0.2, 0.25) is 5.02 Å². The van der Waals surface area contributed by atoms with E-state index in [4.69, 9.17) is 11.6 Å². The van der Waals surface area contributed by atoms with E-state index in [1.165, 1.54) is 12.1 Å². The summed E-state index contributed by atoms with van der Waals surface area (Å²) in [5.74, 6) is -1.13. The molecule has 0 aromatic heterocycles. The monoisotopic (exact) mass is 373 g/mol. The SMILES string of the molecule is CCNC(Cc1cc(F)cc(F)c1)c1ccc(Br)cc1Cl. The van der Waals surface area contributed by atoms with Crippen LogP contribution in [0, 0.1) is 11.6 Å². The van der Waals surface area contributed by atoms with Crippen LogP contribution in [0.4, 0.5) is 8.78 Å². The van der Waals surface area contributed by atoms with E-state index in [1.54, 1.807) is 0 Å². The van der Waals surface area contributed by atoms with Crippen molar-refractivity contribution in [2.75, 3.05) is 6.54 Å². The first-order chi connectivity index (χ1) is 9.99. The quantitative estimate of drug-likeness (QED) is 0.751. The van der Waals surface area contributed by atoms with E-state index in [0.717, 1.165) is 22.6 Å². The third kappa shape index (κ3) is 4.50. The summed E-state index contributed by atoms with van der Waals surface area (Å²) in [5, 5.41) is 3.92. The smallest absolute Gasteiger partial charge is 0.126 e. The Balaban J connectivity index is 2.30. The number of halogens is 4. The van der Waals surface area contributed by atoms with E-state index < -0.39 is 11.6 Å². The second-order valence-electron chi connectivity index (χ2n) is 4.76. The van der Waals surface area contributed by atoms with Crippen LogP contribution in [0.25, 0.3) is 0 Å². The number of likely N-dealkylation sites (N-methyl/N-ethyl adjacent to an activating group) is 1. The normalized spacial score (nSPS) is 12.4. The predicted octanol–water partition coefficient (Wildman–Crippen LogP) is 5.27. The minimum atomic E-state index is -0.567. The van der Waals surface area contributed by atoms with E-state index in [2.05, 4.69) is 21.2 Å². The highest BCUT2D eigenvalue weighted by Gasteiger charge is 2.15. The lowest BCUT2D eigenvalue weighted by atomic mass is 9.98. The average molecular weight is 375 g/mol. The van der Waals surface area contributed by atoms with Gasteiger partial charge in [-0.1, -0.05) is 40.5 Å². The zero-order valence-corrected chi connectivity index (χ0v) is 13.8. The molecule has 112 valence electrons. The number of nitrogens with one attached hydrogen (secondary N) is 1. The van der Waals surface area contributed by atoms with Crippen LogP contribution < -0.4 is 5.32 Å². The van der Waals surface area contributed by atoms with Gasteiger partial charge in [0.05, 0.1) is 0 Å². The molecule has 0 fully saturated rings. The average Bonchev–Trinajstić information content (AvgIpc) is 2.37. The molecule has 0 saturated carbocycles. The summed E-state index contributed by atoms with van der Waals surface area (Å²) < 4.78 is 27.5. The lowest BCUT2D eigenvalue weighted by Gasteiger charge is -2.20. The summed E-state index contributed by atoms with van der Waals surface area (Å²) in [6.45, 7) is 2.71. The van der Waals surface area contributed by atoms with Crippen LogP contribution in [0.15, 0.2) is 40.9 Å². The first kappa shape index (κ1) is 16.4. The summed E-state index contributed by atoms with van der Waals surface area (Å²) >= 11 is 9.64. The molecule has 1 atom stereocenters. The first-order valence-electron chi connectivity index (χ1n) is 6.63. The molecule has 0 saturated heterocycles. The minimum Gasteiger partial charge on any atom is -0.310 e. The first-order valence-corrected chi connectivity index (χ1v) is 7.80. The van der Waals surface area contributed by atoms with E-state index in [1.807, 2.05) is 25.1 Å². The van der Waals surface area contributed by atoms with Gasteiger partial charge in [0.15, 0.2) is 0 Å². The van der Waals surface area contributed by atoms with Gasteiger partial charge in [0.2, 0.25) is 0 Å². The third-order valence-electron chi connectivity index (χ3n) is 3.15. The van der Waals surface area contributed by atoms with Crippen LogP contribution in [0.1, 0.15) is 24.1 Å². The summed E-state index contributed by atoms with van der Waals surface area (Å²) in [7, 11) is 0. The Labute approximate surface area is 136 Å². The molecule has 0 radical (unpaired) electrons. The molecule has 5 heteroatoms. The molecule has 21 heavy (non-hydrogen) atoms. The highest BCUT2D eigenvalue weighted by molar-refractivity contribution is 9.10. The number of rotatable bonds is 5. The standard InChI is InChI=1S/C16H15BrClF2N/c1-2-21-16(14-4-3-11(17)8-15(14)18)7-10-5-12(19)9-13(20)6-10/h3-6,8-9,16,21H,2,7H2,1H3. The van der Waals surface area contributed by atoms with Crippen molar-refractivity contribution in [1.29, 1.82) is 0 Å². The number of benzene rings is 2. The second-order valence-corrected chi connectivity index (χ2v) is 6.08. The molecular formula is C16H15BrClF2N. The fraction of sp³-hybridized carbons (Fsp3) is 0.250. The van der Waals surface area contributed by atoms with Crippen LogP contribution in [-0.4, -0.2) is 6.54 Å². The van der Waals surface area contributed by atoms with E-state index in [0.29, 0.717) is 17.0 Å². The van der Waals surface area contributed by atoms with Gasteiger partial charge >= 0.3 is 0 Å². The zero-order valence-electron chi connectivity index (χ0n) is 11.5. The van der Waals surface area contributed by atoms with Gasteiger partial charge in [-0.15, -0.1) is 0 Å². The van der Waals surface area contributed by atoms with Gasteiger partial charge in [-0.2, -0.15) is 0 Å². The van der Waals surface area contributed by atoms with Crippen molar-refractivity contribution in [2.24, 2.45) is 0 Å². The molecule has 1 nitrogen and oxygen atoms in total. The fourth-order valence-corrected chi connectivity index (χ4v) is 3.09. The Morgan fingerprint density at radius 2 is 1.81 bits per heavy atom. The largest absolute Gasteiger partial charge is 0.310 e. The Morgan fingerprint density at radius 3 is 2.38 bits per heavy atom. The van der Waals surface area contributed by atoms with Gasteiger partial charge in [0.25, 0.3) is 0 Å². The number of hydrogen-bond acceptors (Lipinski definition) is 1. The maximum absolute atomic E-state index is 13.3. The van der Waals surface area contributed by atoms with E-state index in [-0.39, 0.29) is 6.04 Å². The van der Waals surface area contributed by atoms with Crippen molar-refractivity contribution in [3.8, 4) is 0 Å². The molecule has 1 unspecified atom stereocenters. The Hall–Kier alpha value is -0.970. The van der Waals surface area contributed by atoms with Crippen molar-refractivity contribution in [1.82, 2.24) is 5.32 Å². The fourth-order valence-electron chi connectivity index (χ4n) is 2.29. The molecule has 0 aliphatic heterocycles. The summed E-state index contributed by atoms with van der Waals surface area (Å²) in [6.07, 6.45) is 0.462. The van der Waals surface area contributed by atoms with Gasteiger partial charge in [-0.25, -0.2) is 8.78 Å². The Morgan fingerprint density at radius 1 is 1.14 bits per heavy atom. The van der Waals surface area contributed by atoms with Crippen molar-refractivity contribution < 1.29 is 8.78 Å². The molecule has 2 rings (SSSR count). The third-order valence-corrected chi connectivity index (χ3v) is 3.97. The topological polar surface area (TPSA) is 12.0 Å². The van der Waals surface area contributed by atoms with Crippen molar-refractivity contribution in [3.63, 3.8) is 0 Å². The minimum absolute atomic E-state index is 0.100.